The van der Waals surface area contributed by atoms with Crippen molar-refractivity contribution in [3.63, 3.8) is 0 Å². The lowest BCUT2D eigenvalue weighted by atomic mass is 10.4. The minimum absolute atomic E-state index is 0.314. The summed E-state index contributed by atoms with van der Waals surface area (Å²) >= 11 is 1.84. The molecule has 0 bridgehead atoms. The van der Waals surface area contributed by atoms with E-state index in [-0.39, 0.29) is 0 Å². The number of hydrogen-bond acceptors (Lipinski definition) is 2. The van der Waals surface area contributed by atoms with Crippen molar-refractivity contribution in [2.24, 2.45) is 5.73 Å². The molecule has 0 aliphatic heterocycles. The van der Waals surface area contributed by atoms with Crippen molar-refractivity contribution in [1.29, 1.82) is 0 Å². The quantitative estimate of drug-likeness (QED) is 0.609. The summed E-state index contributed by atoms with van der Waals surface area (Å²) in [7, 11) is 0. The summed E-state index contributed by atoms with van der Waals surface area (Å²) in [5, 5.41) is 0. The zero-order valence-electron chi connectivity index (χ0n) is 6.18. The van der Waals surface area contributed by atoms with Crippen LogP contribution < -0.4 is 5.73 Å². The van der Waals surface area contributed by atoms with Gasteiger partial charge in [0.05, 0.1) is 0 Å². The Kier molecular flexibility index (Phi) is 4.91. The van der Waals surface area contributed by atoms with Crippen LogP contribution in [-0.4, -0.2) is 17.5 Å². The molecule has 0 amide bonds. The molecule has 0 aliphatic rings. The van der Waals surface area contributed by atoms with E-state index in [2.05, 4.69) is 6.58 Å². The Bertz CT molecular complexity index is 88.9. The van der Waals surface area contributed by atoms with E-state index in [1.54, 1.807) is 0 Å². The molecule has 0 fully saturated rings. The molecule has 1 atom stereocenters. The first kappa shape index (κ1) is 9.05. The molecule has 54 valence electrons. The summed E-state index contributed by atoms with van der Waals surface area (Å²) in [5.74, 6) is 2.08. The van der Waals surface area contributed by atoms with Crippen LogP contribution in [0.2, 0.25) is 0 Å². The van der Waals surface area contributed by atoms with Crippen LogP contribution in [0, 0.1) is 0 Å². The first-order valence-corrected chi connectivity index (χ1v) is 4.26. The van der Waals surface area contributed by atoms with Crippen LogP contribution in [0.5, 0.6) is 0 Å². The third-order valence-electron chi connectivity index (χ3n) is 0.729. The summed E-state index contributed by atoms with van der Waals surface area (Å²) in [6.45, 7) is 7.85. The summed E-state index contributed by atoms with van der Waals surface area (Å²) in [6, 6.07) is 0.314. The fraction of sp³-hybridized carbons (Fsp3) is 0.714. The van der Waals surface area contributed by atoms with Gasteiger partial charge in [0.1, 0.15) is 0 Å². The first-order chi connectivity index (χ1) is 4.13. The zero-order chi connectivity index (χ0) is 7.28. The van der Waals surface area contributed by atoms with Crippen LogP contribution in [0.4, 0.5) is 0 Å². The zero-order valence-corrected chi connectivity index (χ0v) is 7.00. The van der Waals surface area contributed by atoms with Gasteiger partial charge in [-0.25, -0.2) is 0 Å². The van der Waals surface area contributed by atoms with E-state index in [4.69, 9.17) is 5.73 Å². The maximum absolute atomic E-state index is 5.53. The molecule has 0 saturated carbocycles. The molecule has 0 radical (unpaired) electrons. The van der Waals surface area contributed by atoms with Gasteiger partial charge < -0.3 is 5.73 Å². The molecule has 1 nitrogen and oxygen atoms in total. The van der Waals surface area contributed by atoms with E-state index in [9.17, 15) is 0 Å². The van der Waals surface area contributed by atoms with Gasteiger partial charge in [0.25, 0.3) is 0 Å². The van der Waals surface area contributed by atoms with Gasteiger partial charge >= 0.3 is 0 Å². The highest BCUT2D eigenvalue weighted by atomic mass is 32.2. The van der Waals surface area contributed by atoms with Crippen LogP contribution in [0.25, 0.3) is 0 Å². The first-order valence-electron chi connectivity index (χ1n) is 3.10. The molecule has 9 heavy (non-hydrogen) atoms. The van der Waals surface area contributed by atoms with Crippen molar-refractivity contribution in [2.75, 3.05) is 11.5 Å². The summed E-state index contributed by atoms with van der Waals surface area (Å²) in [4.78, 5) is 0. The number of rotatable bonds is 4. The standard InChI is InChI=1S/C7H15NS/c1-6(2)4-9-5-7(3)8/h7H,1,4-5,8H2,2-3H3. The largest absolute Gasteiger partial charge is 0.327 e. The highest BCUT2D eigenvalue weighted by Gasteiger charge is 1.92. The normalized spacial score (nSPS) is 13.2. The average Bonchev–Trinajstić information content (AvgIpc) is 1.63. The van der Waals surface area contributed by atoms with E-state index >= 15 is 0 Å². The van der Waals surface area contributed by atoms with E-state index in [0.717, 1.165) is 11.5 Å². The van der Waals surface area contributed by atoms with Crippen molar-refractivity contribution in [3.05, 3.63) is 12.2 Å². The second-order valence-corrected chi connectivity index (χ2v) is 3.48. The molecular formula is C7H15NS. The average molecular weight is 145 g/mol. The van der Waals surface area contributed by atoms with Crippen LogP contribution in [0.1, 0.15) is 13.8 Å². The molecular weight excluding hydrogens is 130 g/mol. The second kappa shape index (κ2) is 4.89. The number of hydrogen-bond donors (Lipinski definition) is 1. The van der Waals surface area contributed by atoms with Gasteiger partial charge in [0.2, 0.25) is 0 Å². The van der Waals surface area contributed by atoms with Crippen LogP contribution in [0.15, 0.2) is 12.2 Å². The summed E-state index contributed by atoms with van der Waals surface area (Å²) in [5.41, 5.74) is 6.75. The Balaban J connectivity index is 3.01. The van der Waals surface area contributed by atoms with Crippen molar-refractivity contribution >= 4 is 11.8 Å². The highest BCUT2D eigenvalue weighted by Crippen LogP contribution is 2.05. The van der Waals surface area contributed by atoms with E-state index in [1.165, 1.54) is 5.57 Å². The molecule has 0 aromatic carbocycles. The molecule has 0 saturated heterocycles. The molecule has 0 aromatic heterocycles. The van der Waals surface area contributed by atoms with Gasteiger partial charge in [-0.15, -0.1) is 0 Å². The van der Waals surface area contributed by atoms with Crippen molar-refractivity contribution in [2.45, 2.75) is 19.9 Å². The SMILES string of the molecule is C=C(C)CSCC(C)N. The fourth-order valence-electron chi connectivity index (χ4n) is 0.419. The topological polar surface area (TPSA) is 26.0 Å². The Morgan fingerprint density at radius 1 is 1.78 bits per heavy atom. The molecule has 0 aliphatic carbocycles. The fourth-order valence-corrected chi connectivity index (χ4v) is 1.26. The monoisotopic (exact) mass is 145 g/mol. The predicted molar refractivity (Wildman–Crippen MR) is 45.8 cm³/mol. The van der Waals surface area contributed by atoms with Crippen molar-refractivity contribution in [1.82, 2.24) is 0 Å². The van der Waals surface area contributed by atoms with E-state index < -0.39 is 0 Å². The molecule has 0 heterocycles. The predicted octanol–water partition coefficient (Wildman–Crippen LogP) is 1.64. The van der Waals surface area contributed by atoms with Crippen LogP contribution in [-0.2, 0) is 0 Å². The third-order valence-corrected chi connectivity index (χ3v) is 2.19. The minimum atomic E-state index is 0.314. The van der Waals surface area contributed by atoms with Crippen molar-refractivity contribution < 1.29 is 0 Å². The van der Waals surface area contributed by atoms with Crippen LogP contribution in [0.3, 0.4) is 0 Å². The van der Waals surface area contributed by atoms with Gasteiger partial charge in [-0.1, -0.05) is 12.2 Å². The van der Waals surface area contributed by atoms with Gasteiger partial charge in [-0.05, 0) is 13.8 Å². The lowest BCUT2D eigenvalue weighted by Crippen LogP contribution is -2.17. The summed E-state index contributed by atoms with van der Waals surface area (Å²) < 4.78 is 0. The Hall–Kier alpha value is 0.0500. The third kappa shape index (κ3) is 8.05. The minimum Gasteiger partial charge on any atom is -0.327 e. The smallest absolute Gasteiger partial charge is 0.0138 e. The molecule has 2 N–H and O–H groups in total. The lowest BCUT2D eigenvalue weighted by Gasteiger charge is -2.02. The summed E-state index contributed by atoms with van der Waals surface area (Å²) in [6.07, 6.45) is 0. The van der Waals surface area contributed by atoms with E-state index in [1.807, 2.05) is 25.6 Å². The second-order valence-electron chi connectivity index (χ2n) is 2.45. The van der Waals surface area contributed by atoms with Crippen molar-refractivity contribution in [3.8, 4) is 0 Å². The van der Waals surface area contributed by atoms with Gasteiger partial charge in [-0.2, -0.15) is 11.8 Å². The maximum atomic E-state index is 5.53. The molecule has 0 spiro atoms. The van der Waals surface area contributed by atoms with Gasteiger partial charge in [0.15, 0.2) is 0 Å². The molecule has 2 heteroatoms. The van der Waals surface area contributed by atoms with E-state index in [0.29, 0.717) is 6.04 Å². The number of thioether (sulfide) groups is 1. The van der Waals surface area contributed by atoms with Gasteiger partial charge in [0, 0.05) is 17.5 Å². The molecule has 1 unspecified atom stereocenters. The Morgan fingerprint density at radius 2 is 2.33 bits per heavy atom. The van der Waals surface area contributed by atoms with Gasteiger partial charge in [-0.3, -0.25) is 0 Å². The molecule has 0 aromatic rings. The lowest BCUT2D eigenvalue weighted by molar-refractivity contribution is 0.847. The number of nitrogens with two attached hydrogens (primary N) is 1. The highest BCUT2D eigenvalue weighted by molar-refractivity contribution is 7.99. The molecule has 0 rings (SSSR count). The Labute approximate surface area is 61.7 Å². The van der Waals surface area contributed by atoms with Crippen LogP contribution >= 0.6 is 11.8 Å². The Morgan fingerprint density at radius 3 is 2.67 bits per heavy atom. The maximum Gasteiger partial charge on any atom is 0.0138 e.